The number of hydrogen-bond donors (Lipinski definition) is 0. The van der Waals surface area contributed by atoms with Crippen LogP contribution in [-0.2, 0) is 10.5 Å². The highest BCUT2D eigenvalue weighted by Crippen LogP contribution is 2.17. The summed E-state index contributed by atoms with van der Waals surface area (Å²) in [5.74, 6) is 2.54. The molecular formula is C18H22N4OS. The molecule has 1 aliphatic rings. The minimum absolute atomic E-state index is 0.229. The van der Waals surface area contributed by atoms with E-state index in [1.54, 1.807) is 30.4 Å². The molecule has 6 heteroatoms. The first-order chi connectivity index (χ1) is 11.7. The summed E-state index contributed by atoms with van der Waals surface area (Å²) in [4.78, 5) is 24.9. The molecule has 0 radical (unpaired) electrons. The second kappa shape index (κ2) is 8.15. The third kappa shape index (κ3) is 4.26. The molecule has 0 N–H and O–H groups in total. The Balaban J connectivity index is 1.43. The molecule has 0 saturated carbocycles. The van der Waals surface area contributed by atoms with Crippen LogP contribution in [0.25, 0.3) is 0 Å². The molecule has 1 saturated heterocycles. The minimum atomic E-state index is 0.229. The number of aromatic nitrogens is 2. The quantitative estimate of drug-likeness (QED) is 0.835. The number of hydrogen-bond acceptors (Lipinski definition) is 5. The monoisotopic (exact) mass is 342 g/mol. The van der Waals surface area contributed by atoms with E-state index < -0.39 is 0 Å². The van der Waals surface area contributed by atoms with Gasteiger partial charge in [-0.3, -0.25) is 9.78 Å². The van der Waals surface area contributed by atoms with Gasteiger partial charge in [-0.15, -0.1) is 11.8 Å². The van der Waals surface area contributed by atoms with Crippen molar-refractivity contribution < 1.29 is 4.79 Å². The fraction of sp³-hybridized carbons (Fsp3) is 0.389. The van der Waals surface area contributed by atoms with Crippen molar-refractivity contribution in [3.63, 3.8) is 0 Å². The van der Waals surface area contributed by atoms with Gasteiger partial charge in [0.2, 0.25) is 5.91 Å². The van der Waals surface area contributed by atoms with E-state index in [0.717, 1.165) is 37.7 Å². The van der Waals surface area contributed by atoms with E-state index in [9.17, 15) is 4.79 Å². The van der Waals surface area contributed by atoms with E-state index in [0.29, 0.717) is 5.75 Å². The minimum Gasteiger partial charge on any atom is -0.352 e. The number of benzene rings is 1. The maximum absolute atomic E-state index is 12.4. The molecule has 126 valence electrons. The summed E-state index contributed by atoms with van der Waals surface area (Å²) >= 11 is 1.69. The van der Waals surface area contributed by atoms with Crippen molar-refractivity contribution in [3.05, 3.63) is 54.0 Å². The highest BCUT2D eigenvalue weighted by atomic mass is 32.2. The maximum Gasteiger partial charge on any atom is 0.232 e. The summed E-state index contributed by atoms with van der Waals surface area (Å²) in [5, 5.41) is 0. The van der Waals surface area contributed by atoms with Crippen molar-refractivity contribution >= 4 is 23.5 Å². The summed E-state index contributed by atoms with van der Waals surface area (Å²) in [7, 11) is 0. The van der Waals surface area contributed by atoms with Crippen LogP contribution < -0.4 is 4.90 Å². The summed E-state index contributed by atoms with van der Waals surface area (Å²) in [6.45, 7) is 5.24. The molecule has 5 nitrogen and oxygen atoms in total. The highest BCUT2D eigenvalue weighted by Gasteiger charge is 2.21. The second-order valence-corrected chi connectivity index (χ2v) is 6.84. The number of anilines is 1. The Morgan fingerprint density at radius 3 is 2.67 bits per heavy atom. The SMILES string of the molecule is Cc1ccccc1CSCC(=O)N1CCN(c2cnccn2)CC1. The molecule has 1 aromatic carbocycles. The van der Waals surface area contributed by atoms with Gasteiger partial charge in [-0.25, -0.2) is 4.98 Å². The van der Waals surface area contributed by atoms with E-state index >= 15 is 0 Å². The van der Waals surface area contributed by atoms with Crippen molar-refractivity contribution in [2.24, 2.45) is 0 Å². The van der Waals surface area contributed by atoms with Crippen LogP contribution in [0.3, 0.4) is 0 Å². The number of nitrogens with zero attached hydrogens (tertiary/aromatic N) is 4. The summed E-state index contributed by atoms with van der Waals surface area (Å²) in [6.07, 6.45) is 5.15. The maximum atomic E-state index is 12.4. The Morgan fingerprint density at radius 1 is 1.17 bits per heavy atom. The molecule has 0 spiro atoms. The molecule has 3 rings (SSSR count). The second-order valence-electron chi connectivity index (χ2n) is 5.85. The molecule has 2 heterocycles. The normalized spacial score (nSPS) is 14.7. The summed E-state index contributed by atoms with van der Waals surface area (Å²) < 4.78 is 0. The van der Waals surface area contributed by atoms with Crippen LogP contribution in [0.2, 0.25) is 0 Å². The van der Waals surface area contributed by atoms with Crippen LogP contribution in [0.15, 0.2) is 42.9 Å². The molecule has 0 bridgehead atoms. The van der Waals surface area contributed by atoms with Gasteiger partial charge in [-0.05, 0) is 18.1 Å². The van der Waals surface area contributed by atoms with Crippen LogP contribution in [-0.4, -0.2) is 52.7 Å². The molecular weight excluding hydrogens is 320 g/mol. The Morgan fingerprint density at radius 2 is 1.96 bits per heavy atom. The van der Waals surface area contributed by atoms with Crippen molar-refractivity contribution in [3.8, 4) is 0 Å². The molecule has 24 heavy (non-hydrogen) atoms. The molecule has 1 amide bonds. The van der Waals surface area contributed by atoms with E-state index in [2.05, 4.69) is 40.0 Å². The van der Waals surface area contributed by atoms with Gasteiger partial charge in [0.25, 0.3) is 0 Å². The number of thioether (sulfide) groups is 1. The van der Waals surface area contributed by atoms with Gasteiger partial charge in [-0.1, -0.05) is 24.3 Å². The van der Waals surface area contributed by atoms with Crippen molar-refractivity contribution in [1.82, 2.24) is 14.9 Å². The van der Waals surface area contributed by atoms with Crippen molar-refractivity contribution in [2.45, 2.75) is 12.7 Å². The van der Waals surface area contributed by atoms with Crippen LogP contribution >= 0.6 is 11.8 Å². The lowest BCUT2D eigenvalue weighted by Gasteiger charge is -2.35. The number of carbonyl (C=O) groups is 1. The van der Waals surface area contributed by atoms with Crippen LogP contribution in [0, 0.1) is 6.92 Å². The summed E-state index contributed by atoms with van der Waals surface area (Å²) in [6, 6.07) is 8.34. The van der Waals surface area contributed by atoms with Gasteiger partial charge in [0.15, 0.2) is 0 Å². The summed E-state index contributed by atoms with van der Waals surface area (Å²) in [5.41, 5.74) is 2.60. The van der Waals surface area contributed by atoms with Crippen molar-refractivity contribution in [2.75, 3.05) is 36.8 Å². The molecule has 1 fully saturated rings. The molecule has 1 aliphatic heterocycles. The van der Waals surface area contributed by atoms with Gasteiger partial charge >= 0.3 is 0 Å². The zero-order valence-corrected chi connectivity index (χ0v) is 14.7. The standard InChI is InChI=1S/C18H22N4OS/c1-15-4-2-3-5-16(15)13-24-14-18(23)22-10-8-21(9-11-22)17-12-19-6-7-20-17/h2-7,12H,8-11,13-14H2,1H3. The van der Waals surface area contributed by atoms with Gasteiger partial charge in [0.05, 0.1) is 11.9 Å². The lowest BCUT2D eigenvalue weighted by molar-refractivity contribution is -0.128. The van der Waals surface area contributed by atoms with Crippen LogP contribution in [0.4, 0.5) is 5.82 Å². The van der Waals surface area contributed by atoms with Crippen molar-refractivity contribution in [1.29, 1.82) is 0 Å². The zero-order valence-electron chi connectivity index (χ0n) is 13.9. The molecule has 0 aliphatic carbocycles. The number of piperazine rings is 1. The number of amides is 1. The first-order valence-electron chi connectivity index (χ1n) is 8.15. The average Bonchev–Trinajstić information content (AvgIpc) is 2.64. The Hall–Kier alpha value is -2.08. The van der Waals surface area contributed by atoms with E-state index in [1.807, 2.05) is 11.0 Å². The fourth-order valence-electron chi connectivity index (χ4n) is 2.75. The number of aryl methyl sites for hydroxylation is 1. The van der Waals surface area contributed by atoms with E-state index in [1.165, 1.54) is 11.1 Å². The Labute approximate surface area is 147 Å². The average molecular weight is 342 g/mol. The van der Waals surface area contributed by atoms with Gasteiger partial charge in [-0.2, -0.15) is 0 Å². The lowest BCUT2D eigenvalue weighted by atomic mass is 10.1. The zero-order chi connectivity index (χ0) is 16.8. The Bertz CT molecular complexity index is 672. The van der Waals surface area contributed by atoms with Gasteiger partial charge in [0.1, 0.15) is 5.82 Å². The molecule has 0 atom stereocenters. The number of rotatable bonds is 5. The van der Waals surface area contributed by atoms with E-state index in [-0.39, 0.29) is 5.91 Å². The highest BCUT2D eigenvalue weighted by molar-refractivity contribution is 7.99. The molecule has 0 unspecified atom stereocenters. The number of carbonyl (C=O) groups excluding carboxylic acids is 1. The largest absolute Gasteiger partial charge is 0.352 e. The Kier molecular flexibility index (Phi) is 5.69. The van der Waals surface area contributed by atoms with Crippen LogP contribution in [0.1, 0.15) is 11.1 Å². The van der Waals surface area contributed by atoms with Gasteiger partial charge in [0, 0.05) is 44.3 Å². The first-order valence-corrected chi connectivity index (χ1v) is 9.30. The lowest BCUT2D eigenvalue weighted by Crippen LogP contribution is -2.49. The topological polar surface area (TPSA) is 49.3 Å². The third-order valence-corrected chi connectivity index (χ3v) is 5.22. The first kappa shape index (κ1) is 16.8. The fourth-order valence-corrected chi connectivity index (χ4v) is 3.75. The van der Waals surface area contributed by atoms with Crippen LogP contribution in [0.5, 0.6) is 0 Å². The molecule has 2 aromatic rings. The molecule has 1 aromatic heterocycles. The predicted molar refractivity (Wildman–Crippen MR) is 98.2 cm³/mol. The van der Waals surface area contributed by atoms with Gasteiger partial charge < -0.3 is 9.80 Å². The smallest absolute Gasteiger partial charge is 0.232 e. The third-order valence-electron chi connectivity index (χ3n) is 4.25. The van der Waals surface area contributed by atoms with E-state index in [4.69, 9.17) is 0 Å². The predicted octanol–water partition coefficient (Wildman–Crippen LogP) is 2.37.